The van der Waals surface area contributed by atoms with Crippen LogP contribution in [-0.2, 0) is 75.8 Å². The maximum absolute atomic E-state index is 15.5. The Balaban J connectivity index is 0.711. The zero-order chi connectivity index (χ0) is 84.6. The second-order valence-corrected chi connectivity index (χ2v) is 37.1. The molecule has 116 heavy (non-hydrogen) atoms. The number of allylic oxidation sites excluding steroid dienone is 2. The van der Waals surface area contributed by atoms with Crippen LogP contribution in [-0.4, -0.2) is 402 Å². The second-order valence-electron chi connectivity index (χ2n) is 37.1. The Bertz CT molecular complexity index is 3320. The lowest BCUT2D eigenvalue weighted by molar-refractivity contribution is -0.387. The fraction of sp³-hybridized carbons (Fsp3) is 0.961. The molecule has 0 bridgehead atoms. The van der Waals surface area contributed by atoms with Crippen LogP contribution in [0.2, 0.25) is 0 Å². The summed E-state index contributed by atoms with van der Waals surface area (Å²) in [5.74, 6) is -1.39. The van der Waals surface area contributed by atoms with Crippen molar-refractivity contribution in [1.82, 2.24) is 0 Å². The molecule has 0 radical (unpaired) electrons. The molecule has 0 amide bonds. The van der Waals surface area contributed by atoms with E-state index in [-0.39, 0.29) is 40.6 Å². The third kappa shape index (κ3) is 16.0. The van der Waals surface area contributed by atoms with Gasteiger partial charge in [-0.1, -0.05) is 60.1 Å². The minimum absolute atomic E-state index is 0.0399. The Morgan fingerprint density at radius 3 is 1.45 bits per heavy atom. The van der Waals surface area contributed by atoms with Crippen LogP contribution in [0.25, 0.3) is 0 Å². The highest BCUT2D eigenvalue weighted by molar-refractivity contribution is 5.79. The first kappa shape index (κ1) is 91.4. The molecule has 0 spiro atoms. The van der Waals surface area contributed by atoms with E-state index in [0.29, 0.717) is 57.8 Å². The first-order valence-corrected chi connectivity index (χ1v) is 40.9. The number of fused-ring (bicyclic) bond motifs is 7. The predicted octanol–water partition coefficient (Wildman–Crippen LogP) is -7.77. The minimum Gasteiger partial charge on any atom is -0.432 e. The number of carbonyl (C=O) groups excluding carboxylic acids is 1. The third-order valence-corrected chi connectivity index (χ3v) is 29.8. The number of ether oxygens (including phenoxy) is 15. The van der Waals surface area contributed by atoms with Gasteiger partial charge in [0.2, 0.25) is 6.29 Å². The summed E-state index contributed by atoms with van der Waals surface area (Å²) >= 11 is 0. The summed E-state index contributed by atoms with van der Waals surface area (Å²) in [6.45, 7) is 14.2. The lowest BCUT2D eigenvalue weighted by Crippen LogP contribution is -2.68. The summed E-state index contributed by atoms with van der Waals surface area (Å²) in [6, 6.07) is 0. The number of esters is 1. The first-order chi connectivity index (χ1) is 54.5. The Hall–Kier alpha value is -2.27. The van der Waals surface area contributed by atoms with E-state index < -0.39 is 301 Å². The zero-order valence-electron chi connectivity index (χ0n) is 66.5. The molecular weight excluding hydrogens is 1550 g/mol. The van der Waals surface area contributed by atoms with Crippen molar-refractivity contribution in [2.45, 2.75) is 366 Å². The molecule has 0 aromatic rings. The lowest BCUT2D eigenvalue weighted by Gasteiger charge is -2.72. The van der Waals surface area contributed by atoms with Crippen molar-refractivity contribution in [3.8, 4) is 0 Å². The molecule has 47 atom stereocenters. The molecule has 0 aromatic heterocycles. The van der Waals surface area contributed by atoms with Crippen LogP contribution in [0.3, 0.4) is 0 Å². The maximum atomic E-state index is 15.5. The normalized spacial score (nSPS) is 54.9. The number of rotatable bonds is 20. The average molecular weight is 1680 g/mol. The monoisotopic (exact) mass is 1670 g/mol. The van der Waals surface area contributed by atoms with E-state index in [0.717, 1.165) is 12.0 Å². The van der Waals surface area contributed by atoms with E-state index in [1.165, 1.54) is 13.8 Å². The number of carbonyl (C=O) groups is 1. The number of hydrogen-bond acceptors (Lipinski definition) is 39. The van der Waals surface area contributed by atoms with Gasteiger partial charge < -0.3 is 189 Å². The quantitative estimate of drug-likeness (QED) is 0.0398. The van der Waals surface area contributed by atoms with E-state index in [4.69, 9.17) is 71.1 Å². The highest BCUT2D eigenvalue weighted by atomic mass is 16.8. The summed E-state index contributed by atoms with van der Waals surface area (Å²) in [4.78, 5) is 15.5. The van der Waals surface area contributed by atoms with E-state index in [2.05, 4.69) is 54.5 Å². The van der Waals surface area contributed by atoms with Gasteiger partial charge in [0.05, 0.1) is 63.4 Å². The van der Waals surface area contributed by atoms with E-state index in [9.17, 15) is 117 Å². The highest BCUT2D eigenvalue weighted by Crippen LogP contribution is 2.77. The Morgan fingerprint density at radius 2 is 0.871 bits per heavy atom. The summed E-state index contributed by atoms with van der Waals surface area (Å²) in [7, 11) is 0. The van der Waals surface area contributed by atoms with Gasteiger partial charge in [-0.2, -0.15) is 0 Å². The van der Waals surface area contributed by atoms with E-state index in [1.54, 1.807) is 0 Å². The fourth-order valence-corrected chi connectivity index (χ4v) is 22.5. The van der Waals surface area contributed by atoms with Crippen molar-refractivity contribution < 1.29 is 193 Å². The van der Waals surface area contributed by atoms with Gasteiger partial charge >= 0.3 is 5.97 Å². The van der Waals surface area contributed by atoms with Crippen LogP contribution in [0.1, 0.15) is 127 Å². The first-order valence-electron chi connectivity index (χ1n) is 40.9. The summed E-state index contributed by atoms with van der Waals surface area (Å²) < 4.78 is 90.2. The standard InChI is InChI=1S/C77H126O39/c1-27-40(82)62(114-69-57(99)51(93)61(35(24-81)109-69)113-67-54(96)48(90)43(85)34(23-80)108-67)58(100)70(104-27)115-63-45(87)37(111-66-53(95)47(89)42(84)33(22-79)107-66)25-102-60(63)30-12-14-74(7)38(73(30,5)6)13-15-76(9)39(74)11-10-29-31-20-72(3,4)16-18-77(31,19-17-75(29,76)8)71(101)116-65-56(98)50(92)59(28(2)105-65)112-68-55(97)49(91)44(86)36(110-68)26-103-64-52(94)46(88)41(83)32(21-78)106-64/h10,27-28,30-70,78-100H,11-26H2,1-9H3/t27-,28-,30+,31-,32+,33+,34+,35+,36+,37-,38-,39+,40-,41+,42+,43+,44+,45-,46-,47-,48-,49-,50-,51+,52+,53+,54+,55+,56+,57+,58+,59-,60-,61+,62+,63+,64+,65-,66-,67-,68-,69-,70-,74-,75+,76+,77-/m0/s1. The molecule has 39 nitrogen and oxygen atoms in total. The average Bonchev–Trinajstić information content (AvgIpc) is 0.672. The van der Waals surface area contributed by atoms with E-state index >= 15 is 4.79 Å². The zero-order valence-corrected chi connectivity index (χ0v) is 66.5. The number of aliphatic hydroxyl groups is 23. The fourth-order valence-electron chi connectivity index (χ4n) is 22.5. The van der Waals surface area contributed by atoms with Gasteiger partial charge in [0.25, 0.3) is 0 Å². The molecule has 23 N–H and O–H groups in total. The Morgan fingerprint density at radius 1 is 0.414 bits per heavy atom. The molecule has 39 heteroatoms. The van der Waals surface area contributed by atoms with Crippen molar-refractivity contribution in [3.05, 3.63) is 11.6 Å². The summed E-state index contributed by atoms with van der Waals surface area (Å²) in [5, 5.41) is 252. The SMILES string of the molecule is C[C@@H]1O[C@@H](O[C@@H]2[C@@H](O)[C@@H](O[C@@H]3O[C@H](CO)[C@@H](O)[C@H](O)[C@H]3O)CO[C@H]2[C@H]2CC[C@]3(C)[C@H]4CC=C5[C@@H]6CC(C)(C)CC[C@]6(C(=O)O[C@@H]6O[C@@H](C)[C@H](O[C@@H]7O[C@H](CO[C@@H]8O[C@H](CO)[C@@H](O)[C@H](O)[C@H]8O)[C@@H](O)[C@H](O)[C@H]7O)[C@@H](O)[C@H]6O)CC[C@@]5(C)[C@]4(C)CC[C@H]3C2(C)C)[C@H](O)[C@H](O[C@@H]2O[C@H](CO)[C@@H](O[C@@H]3O[C@H](CO)[C@@H](O)[C@H](O)[C@H]3O)[C@H](O)[C@H]2O)[C@H]1O. The molecule has 8 aliphatic heterocycles. The van der Waals surface area contributed by atoms with Crippen molar-refractivity contribution in [2.75, 3.05) is 39.6 Å². The van der Waals surface area contributed by atoms with E-state index in [1.807, 2.05) is 0 Å². The predicted molar refractivity (Wildman–Crippen MR) is 383 cm³/mol. The van der Waals surface area contributed by atoms with Crippen LogP contribution < -0.4 is 0 Å². The van der Waals surface area contributed by atoms with Crippen LogP contribution in [0, 0.1) is 56.2 Å². The van der Waals surface area contributed by atoms with Crippen molar-refractivity contribution in [2.24, 2.45) is 56.2 Å². The Labute approximate surface area is 670 Å². The van der Waals surface area contributed by atoms with Crippen LogP contribution in [0.4, 0.5) is 0 Å². The largest absolute Gasteiger partial charge is 0.432 e. The molecule has 13 rings (SSSR count). The molecule has 8 heterocycles. The molecular formula is C77H126O39. The number of hydrogen-bond donors (Lipinski definition) is 23. The van der Waals surface area contributed by atoms with Gasteiger partial charge in [-0.25, -0.2) is 0 Å². The highest BCUT2D eigenvalue weighted by Gasteiger charge is 2.72. The van der Waals surface area contributed by atoms with Gasteiger partial charge in [0.1, 0.15) is 177 Å². The van der Waals surface area contributed by atoms with Gasteiger partial charge in [-0.05, 0) is 129 Å². The maximum Gasteiger partial charge on any atom is 0.315 e. The molecule has 668 valence electrons. The van der Waals surface area contributed by atoms with Gasteiger partial charge in [0.15, 0.2) is 37.7 Å². The Kier molecular flexibility index (Phi) is 27.5. The van der Waals surface area contributed by atoms with Crippen LogP contribution in [0.15, 0.2) is 11.6 Å². The summed E-state index contributed by atoms with van der Waals surface area (Å²) in [5.41, 5.74) is -2.07. The van der Waals surface area contributed by atoms with Crippen LogP contribution in [0.5, 0.6) is 0 Å². The third-order valence-electron chi connectivity index (χ3n) is 29.8. The van der Waals surface area contributed by atoms with Crippen molar-refractivity contribution >= 4 is 5.97 Å². The minimum atomic E-state index is -2.10. The van der Waals surface area contributed by atoms with Gasteiger partial charge in [-0.3, -0.25) is 4.79 Å². The molecule has 12 fully saturated rings. The second kappa shape index (κ2) is 34.9. The van der Waals surface area contributed by atoms with Crippen LogP contribution >= 0.6 is 0 Å². The molecule has 5 aliphatic carbocycles. The molecule has 0 aromatic carbocycles. The molecule has 4 saturated carbocycles. The topological polar surface area (TPSA) is 621 Å². The molecule has 13 aliphatic rings. The summed E-state index contributed by atoms with van der Waals surface area (Å²) in [6.07, 6.45) is -58.8. The smallest absolute Gasteiger partial charge is 0.315 e. The number of aliphatic hydroxyl groups excluding tert-OH is 23. The van der Waals surface area contributed by atoms with Gasteiger partial charge in [-0.15, -0.1) is 0 Å². The van der Waals surface area contributed by atoms with Crippen molar-refractivity contribution in [3.63, 3.8) is 0 Å². The molecule has 0 unspecified atom stereocenters. The van der Waals surface area contributed by atoms with Gasteiger partial charge in [0, 0.05) is 0 Å². The molecule has 8 saturated heterocycles. The van der Waals surface area contributed by atoms with Crippen molar-refractivity contribution in [1.29, 1.82) is 0 Å². The lowest BCUT2D eigenvalue weighted by atomic mass is 9.33.